The number of hydrogen-bond acceptors (Lipinski definition) is 4. The summed E-state index contributed by atoms with van der Waals surface area (Å²) in [6, 6.07) is 7.20. The molecule has 6 heteroatoms. The third-order valence-corrected chi connectivity index (χ3v) is 7.77. The highest BCUT2D eigenvalue weighted by atomic mass is 16.1. The number of allylic oxidation sites excluding steroid dienone is 3. The van der Waals surface area contributed by atoms with Gasteiger partial charge >= 0.3 is 0 Å². The van der Waals surface area contributed by atoms with E-state index in [0.717, 1.165) is 44.5 Å². The van der Waals surface area contributed by atoms with Gasteiger partial charge in [0.1, 0.15) is 6.34 Å². The van der Waals surface area contributed by atoms with Gasteiger partial charge in [-0.15, -0.1) is 0 Å². The lowest BCUT2D eigenvalue weighted by atomic mass is 9.87. The molecule has 5 rings (SSSR count). The summed E-state index contributed by atoms with van der Waals surface area (Å²) in [5.41, 5.74) is 8.85. The molecule has 3 aliphatic rings. The minimum absolute atomic E-state index is 0.0992. The predicted octanol–water partition coefficient (Wildman–Crippen LogP) is 5.19. The minimum atomic E-state index is 0.0992. The SMILES string of the molecule is CNC(=O)CN1CCC(c2ccc3[nH]c(C4=C/CCC5N=CN=C5/C(C)=C\4)c(C(C)C)c3c2)CC1. The van der Waals surface area contributed by atoms with E-state index in [2.05, 4.69) is 76.3 Å². The Labute approximate surface area is 208 Å². The average Bonchev–Trinajstić information content (AvgIpc) is 3.46. The molecule has 1 unspecified atom stereocenters. The Balaban J connectivity index is 1.44. The van der Waals surface area contributed by atoms with E-state index < -0.39 is 0 Å². The lowest BCUT2D eigenvalue weighted by Crippen LogP contribution is -2.40. The van der Waals surface area contributed by atoms with Crippen molar-refractivity contribution in [2.75, 3.05) is 26.7 Å². The maximum atomic E-state index is 11.7. The summed E-state index contributed by atoms with van der Waals surface area (Å²) in [6.07, 6.45) is 10.6. The molecule has 0 radical (unpaired) electrons. The molecule has 2 N–H and O–H groups in total. The smallest absolute Gasteiger partial charge is 0.233 e. The van der Waals surface area contributed by atoms with Crippen LogP contribution < -0.4 is 5.32 Å². The zero-order chi connectivity index (χ0) is 24.5. The van der Waals surface area contributed by atoms with Crippen LogP contribution in [0, 0.1) is 0 Å². The molecule has 1 saturated heterocycles. The van der Waals surface area contributed by atoms with Crippen LogP contribution in [0.15, 0.2) is 45.9 Å². The molecule has 1 atom stereocenters. The summed E-state index contributed by atoms with van der Waals surface area (Å²) < 4.78 is 0. The van der Waals surface area contributed by atoms with Gasteiger partial charge in [0, 0.05) is 23.6 Å². The molecular formula is C29H37N5O. The molecule has 1 aromatic heterocycles. The van der Waals surface area contributed by atoms with Gasteiger partial charge in [0.05, 0.1) is 18.3 Å². The number of rotatable bonds is 5. The van der Waals surface area contributed by atoms with Crippen LogP contribution in [0.2, 0.25) is 0 Å². The summed E-state index contributed by atoms with van der Waals surface area (Å²) in [5.74, 6) is 1.05. The zero-order valence-corrected chi connectivity index (χ0v) is 21.4. The molecule has 2 aromatic rings. The van der Waals surface area contributed by atoms with Gasteiger partial charge in [-0.3, -0.25) is 14.7 Å². The van der Waals surface area contributed by atoms with Gasteiger partial charge in [0.2, 0.25) is 5.91 Å². The number of fused-ring (bicyclic) bond motifs is 2. The van der Waals surface area contributed by atoms with Gasteiger partial charge in [0.25, 0.3) is 0 Å². The van der Waals surface area contributed by atoms with Crippen LogP contribution in [0.4, 0.5) is 0 Å². The Morgan fingerprint density at radius 1 is 1.23 bits per heavy atom. The Bertz CT molecular complexity index is 1240. The summed E-state index contributed by atoms with van der Waals surface area (Å²) in [6.45, 7) is 9.19. The Morgan fingerprint density at radius 2 is 2.03 bits per heavy atom. The minimum Gasteiger partial charge on any atom is -0.358 e. The molecule has 3 heterocycles. The number of carbonyl (C=O) groups is 1. The van der Waals surface area contributed by atoms with Gasteiger partial charge in [-0.1, -0.05) is 26.0 Å². The van der Waals surface area contributed by atoms with E-state index in [4.69, 9.17) is 0 Å². The van der Waals surface area contributed by atoms with E-state index in [1.165, 1.54) is 38.9 Å². The lowest BCUT2D eigenvalue weighted by molar-refractivity contribution is -0.122. The fourth-order valence-corrected chi connectivity index (χ4v) is 5.86. The molecule has 0 bridgehead atoms. The first-order valence-electron chi connectivity index (χ1n) is 13.0. The second-order valence-electron chi connectivity index (χ2n) is 10.5. The maximum Gasteiger partial charge on any atom is 0.233 e. The van der Waals surface area contributed by atoms with Crippen molar-refractivity contribution < 1.29 is 4.79 Å². The predicted molar refractivity (Wildman–Crippen MR) is 146 cm³/mol. The number of piperidine rings is 1. The molecule has 1 aromatic carbocycles. The third-order valence-electron chi connectivity index (χ3n) is 7.77. The average molecular weight is 472 g/mol. The number of nitrogens with zero attached hydrogens (tertiary/aromatic N) is 3. The van der Waals surface area contributed by atoms with Crippen LogP contribution in [0.1, 0.15) is 75.1 Å². The Morgan fingerprint density at radius 3 is 2.77 bits per heavy atom. The fourth-order valence-electron chi connectivity index (χ4n) is 5.86. The molecule has 1 amide bonds. The van der Waals surface area contributed by atoms with Crippen molar-refractivity contribution in [2.24, 2.45) is 9.98 Å². The summed E-state index contributed by atoms with van der Waals surface area (Å²) >= 11 is 0. The molecule has 0 spiro atoms. The van der Waals surface area contributed by atoms with Gasteiger partial charge in [0.15, 0.2) is 0 Å². The van der Waals surface area contributed by atoms with E-state index in [0.29, 0.717) is 18.4 Å². The van der Waals surface area contributed by atoms with Gasteiger partial charge in [-0.2, -0.15) is 0 Å². The van der Waals surface area contributed by atoms with Gasteiger partial charge in [-0.25, -0.2) is 4.99 Å². The number of amides is 1. The van der Waals surface area contributed by atoms with Gasteiger partial charge in [-0.05, 0) is 98.0 Å². The molecule has 1 aliphatic carbocycles. The number of aromatic nitrogens is 1. The molecular weight excluding hydrogens is 434 g/mol. The highest BCUT2D eigenvalue weighted by molar-refractivity contribution is 6.11. The zero-order valence-electron chi connectivity index (χ0n) is 21.4. The van der Waals surface area contributed by atoms with Crippen LogP contribution in [0.5, 0.6) is 0 Å². The van der Waals surface area contributed by atoms with Crippen LogP contribution >= 0.6 is 0 Å². The number of aromatic amines is 1. The van der Waals surface area contributed by atoms with E-state index in [1.54, 1.807) is 13.4 Å². The van der Waals surface area contributed by atoms with Crippen molar-refractivity contribution in [3.8, 4) is 0 Å². The van der Waals surface area contributed by atoms with Crippen LogP contribution in [0.25, 0.3) is 16.5 Å². The number of nitrogens with one attached hydrogen (secondary N) is 2. The monoisotopic (exact) mass is 471 g/mol. The molecule has 35 heavy (non-hydrogen) atoms. The van der Waals surface area contributed by atoms with Crippen molar-refractivity contribution in [1.82, 2.24) is 15.2 Å². The number of H-pyrrole nitrogens is 1. The molecule has 0 saturated carbocycles. The number of carbonyl (C=O) groups excluding carboxylic acids is 1. The number of hydrogen-bond donors (Lipinski definition) is 2. The molecule has 1 fully saturated rings. The molecule has 6 nitrogen and oxygen atoms in total. The number of likely N-dealkylation sites (tertiary alicyclic amines) is 1. The fraction of sp³-hybridized carbons (Fsp3) is 0.483. The number of likely N-dealkylation sites (N-methyl/N-ethyl adjacent to an activating group) is 1. The second-order valence-corrected chi connectivity index (χ2v) is 10.5. The maximum absolute atomic E-state index is 11.7. The third kappa shape index (κ3) is 4.76. The van der Waals surface area contributed by atoms with Crippen molar-refractivity contribution in [3.05, 3.63) is 52.7 Å². The highest BCUT2D eigenvalue weighted by Gasteiger charge is 2.25. The lowest BCUT2D eigenvalue weighted by Gasteiger charge is -2.31. The van der Waals surface area contributed by atoms with Crippen molar-refractivity contribution in [2.45, 2.75) is 64.3 Å². The van der Waals surface area contributed by atoms with Crippen molar-refractivity contribution in [1.29, 1.82) is 0 Å². The molecule has 2 aliphatic heterocycles. The van der Waals surface area contributed by atoms with Crippen molar-refractivity contribution in [3.63, 3.8) is 0 Å². The summed E-state index contributed by atoms with van der Waals surface area (Å²) in [4.78, 5) is 26.9. The summed E-state index contributed by atoms with van der Waals surface area (Å²) in [5, 5.41) is 4.08. The largest absolute Gasteiger partial charge is 0.358 e. The Kier molecular flexibility index (Phi) is 6.74. The quantitative estimate of drug-likeness (QED) is 0.630. The Hall–Kier alpha value is -2.99. The van der Waals surface area contributed by atoms with E-state index in [-0.39, 0.29) is 11.9 Å². The highest BCUT2D eigenvalue weighted by Crippen LogP contribution is 2.38. The first-order chi connectivity index (χ1) is 16.9. The summed E-state index contributed by atoms with van der Waals surface area (Å²) in [7, 11) is 1.71. The van der Waals surface area contributed by atoms with E-state index >= 15 is 0 Å². The second kappa shape index (κ2) is 9.94. The first-order valence-corrected chi connectivity index (χ1v) is 13.0. The topological polar surface area (TPSA) is 72.8 Å². The van der Waals surface area contributed by atoms with Gasteiger partial charge < -0.3 is 10.3 Å². The standard InChI is InChI=1S/C29H37N5O/c1-18(2)27-23-15-21(20-10-12-34(13-11-20)16-26(35)30-4)8-9-24(23)33-29(27)22-6-5-7-25-28(19(3)14-22)32-17-31-25/h6,8-9,14-15,17-18,20,25,33H,5,7,10-13,16H2,1-4H3,(H,30,35)/b19-14-,22-6+. The number of benzene rings is 1. The molecule has 184 valence electrons. The van der Waals surface area contributed by atoms with Crippen LogP contribution in [-0.4, -0.2) is 60.6 Å². The van der Waals surface area contributed by atoms with Crippen LogP contribution in [0.3, 0.4) is 0 Å². The van der Waals surface area contributed by atoms with Crippen molar-refractivity contribution >= 4 is 34.4 Å². The normalized spacial score (nSPS) is 24.4. The first kappa shape index (κ1) is 23.7. The van der Waals surface area contributed by atoms with E-state index in [1.807, 2.05) is 0 Å². The van der Waals surface area contributed by atoms with Crippen LogP contribution in [-0.2, 0) is 4.79 Å². The van der Waals surface area contributed by atoms with E-state index in [9.17, 15) is 4.79 Å². The number of aliphatic imine (C=N–C) groups is 2.